The van der Waals surface area contributed by atoms with Crippen LogP contribution in [0.5, 0.6) is 0 Å². The summed E-state index contributed by atoms with van der Waals surface area (Å²) in [6.45, 7) is 2.72. The number of nitrogens with two attached hydrogens (primary N) is 1. The summed E-state index contributed by atoms with van der Waals surface area (Å²) in [5, 5.41) is 3.80. The standard InChI is InChI=1S/C15H17ClFN3/c1-2-19-14(7-10-5-6-20-15(18)8-10)12-9-11(16)3-4-13(12)17/h3-6,8-9,14,19H,2,7H2,1H3,(H2,18,20). The molecule has 2 rings (SSSR count). The lowest BCUT2D eigenvalue weighted by atomic mass is 9.99. The van der Waals surface area contributed by atoms with Gasteiger partial charge in [-0.15, -0.1) is 0 Å². The maximum atomic E-state index is 14.0. The molecule has 0 bridgehead atoms. The van der Waals surface area contributed by atoms with Gasteiger partial charge in [-0.1, -0.05) is 18.5 Å². The molecule has 1 atom stereocenters. The van der Waals surface area contributed by atoms with Crippen molar-refractivity contribution in [3.05, 3.63) is 58.5 Å². The lowest BCUT2D eigenvalue weighted by Crippen LogP contribution is -2.24. The highest BCUT2D eigenvalue weighted by Crippen LogP contribution is 2.24. The van der Waals surface area contributed by atoms with Gasteiger partial charge in [-0.2, -0.15) is 0 Å². The fourth-order valence-electron chi connectivity index (χ4n) is 2.18. The summed E-state index contributed by atoms with van der Waals surface area (Å²) in [6, 6.07) is 8.13. The molecule has 1 aromatic carbocycles. The Balaban J connectivity index is 2.29. The predicted octanol–water partition coefficient (Wildman–Crippen LogP) is 3.35. The number of hydrogen-bond donors (Lipinski definition) is 2. The average molecular weight is 294 g/mol. The van der Waals surface area contributed by atoms with E-state index in [0.29, 0.717) is 22.8 Å². The number of nitrogens with zero attached hydrogens (tertiary/aromatic N) is 1. The Hall–Kier alpha value is -1.65. The predicted molar refractivity (Wildman–Crippen MR) is 80.2 cm³/mol. The molecule has 0 aliphatic rings. The van der Waals surface area contributed by atoms with Crippen LogP contribution in [0, 0.1) is 5.82 Å². The summed E-state index contributed by atoms with van der Waals surface area (Å²) in [5.41, 5.74) is 7.24. The first-order valence-corrected chi connectivity index (χ1v) is 6.86. The third kappa shape index (κ3) is 3.68. The van der Waals surface area contributed by atoms with Crippen molar-refractivity contribution < 1.29 is 4.39 Å². The second-order valence-corrected chi connectivity index (χ2v) is 5.01. The first kappa shape index (κ1) is 14.8. The molecular formula is C15H17ClFN3. The third-order valence-corrected chi connectivity index (χ3v) is 3.30. The number of likely N-dealkylation sites (N-methyl/N-ethyl adjacent to an activating group) is 1. The van der Waals surface area contributed by atoms with Gasteiger partial charge in [0, 0.05) is 22.8 Å². The summed E-state index contributed by atoms with van der Waals surface area (Å²) < 4.78 is 14.0. The first-order chi connectivity index (χ1) is 9.60. The van der Waals surface area contributed by atoms with Crippen LogP contribution in [0.1, 0.15) is 24.1 Å². The molecule has 1 unspecified atom stereocenters. The van der Waals surface area contributed by atoms with E-state index in [2.05, 4.69) is 10.3 Å². The fourth-order valence-corrected chi connectivity index (χ4v) is 2.36. The minimum atomic E-state index is -0.262. The van der Waals surface area contributed by atoms with Gasteiger partial charge in [0.05, 0.1) is 0 Å². The van der Waals surface area contributed by atoms with Gasteiger partial charge >= 0.3 is 0 Å². The normalized spacial score (nSPS) is 12.3. The van der Waals surface area contributed by atoms with Crippen LogP contribution in [0.25, 0.3) is 0 Å². The van der Waals surface area contributed by atoms with E-state index in [9.17, 15) is 4.39 Å². The lowest BCUT2D eigenvalue weighted by molar-refractivity contribution is 0.510. The highest BCUT2D eigenvalue weighted by molar-refractivity contribution is 6.30. The molecule has 1 aromatic heterocycles. The minimum absolute atomic E-state index is 0.152. The van der Waals surface area contributed by atoms with Crippen LogP contribution >= 0.6 is 11.6 Å². The van der Waals surface area contributed by atoms with E-state index >= 15 is 0 Å². The summed E-state index contributed by atoms with van der Waals surface area (Å²) in [4.78, 5) is 3.96. The Kier molecular flexibility index (Phi) is 4.93. The van der Waals surface area contributed by atoms with Gasteiger partial charge in [0.1, 0.15) is 11.6 Å². The van der Waals surface area contributed by atoms with Crippen molar-refractivity contribution >= 4 is 17.4 Å². The second kappa shape index (κ2) is 6.68. The topological polar surface area (TPSA) is 50.9 Å². The van der Waals surface area contributed by atoms with Crippen LogP contribution in [-0.2, 0) is 6.42 Å². The molecule has 0 aliphatic heterocycles. The van der Waals surface area contributed by atoms with Crippen molar-refractivity contribution in [2.24, 2.45) is 0 Å². The Morgan fingerprint density at radius 2 is 2.15 bits per heavy atom. The summed E-state index contributed by atoms with van der Waals surface area (Å²) in [5.74, 6) is 0.201. The zero-order valence-corrected chi connectivity index (χ0v) is 12.0. The summed E-state index contributed by atoms with van der Waals surface area (Å²) >= 11 is 5.96. The highest BCUT2D eigenvalue weighted by Gasteiger charge is 2.16. The number of hydrogen-bond acceptors (Lipinski definition) is 3. The van der Waals surface area contributed by atoms with Gasteiger partial charge < -0.3 is 11.1 Å². The maximum Gasteiger partial charge on any atom is 0.128 e. The minimum Gasteiger partial charge on any atom is -0.384 e. The van der Waals surface area contributed by atoms with Crippen LogP contribution in [-0.4, -0.2) is 11.5 Å². The SMILES string of the molecule is CCNC(Cc1ccnc(N)c1)c1cc(Cl)ccc1F. The third-order valence-electron chi connectivity index (χ3n) is 3.07. The van der Waals surface area contributed by atoms with Crippen LogP contribution in [0.4, 0.5) is 10.2 Å². The van der Waals surface area contributed by atoms with Gasteiger partial charge in [-0.25, -0.2) is 9.37 Å². The quantitative estimate of drug-likeness (QED) is 0.889. The van der Waals surface area contributed by atoms with E-state index in [1.807, 2.05) is 13.0 Å². The van der Waals surface area contributed by atoms with Crippen molar-refractivity contribution in [3.8, 4) is 0 Å². The molecule has 1 heterocycles. The number of halogens is 2. The molecule has 0 spiro atoms. The molecule has 0 saturated heterocycles. The van der Waals surface area contributed by atoms with Crippen LogP contribution < -0.4 is 11.1 Å². The van der Waals surface area contributed by atoms with E-state index < -0.39 is 0 Å². The first-order valence-electron chi connectivity index (χ1n) is 6.49. The summed E-state index contributed by atoms with van der Waals surface area (Å²) in [7, 11) is 0. The highest BCUT2D eigenvalue weighted by atomic mass is 35.5. The van der Waals surface area contributed by atoms with Gasteiger partial charge in [0.2, 0.25) is 0 Å². The van der Waals surface area contributed by atoms with E-state index in [1.165, 1.54) is 6.07 Å². The fraction of sp³-hybridized carbons (Fsp3) is 0.267. The van der Waals surface area contributed by atoms with Crippen molar-refractivity contribution in [2.75, 3.05) is 12.3 Å². The number of aromatic nitrogens is 1. The van der Waals surface area contributed by atoms with E-state index in [0.717, 1.165) is 12.1 Å². The molecule has 3 N–H and O–H groups in total. The van der Waals surface area contributed by atoms with Gasteiger partial charge in [-0.05, 0) is 48.9 Å². The second-order valence-electron chi connectivity index (χ2n) is 4.57. The molecule has 0 aliphatic carbocycles. The Labute approximate surface area is 123 Å². The molecule has 0 fully saturated rings. The van der Waals surface area contributed by atoms with Gasteiger partial charge in [0.25, 0.3) is 0 Å². The van der Waals surface area contributed by atoms with Crippen molar-refractivity contribution in [2.45, 2.75) is 19.4 Å². The van der Waals surface area contributed by atoms with E-state index in [-0.39, 0.29) is 11.9 Å². The molecule has 2 aromatic rings. The molecule has 5 heteroatoms. The monoisotopic (exact) mass is 293 g/mol. The van der Waals surface area contributed by atoms with Crippen LogP contribution in [0.15, 0.2) is 36.5 Å². The van der Waals surface area contributed by atoms with E-state index in [4.69, 9.17) is 17.3 Å². The molecule has 106 valence electrons. The Bertz CT molecular complexity index is 589. The number of nitrogen functional groups attached to an aromatic ring is 1. The number of anilines is 1. The molecule has 0 radical (unpaired) electrons. The smallest absolute Gasteiger partial charge is 0.128 e. The zero-order valence-electron chi connectivity index (χ0n) is 11.2. The van der Waals surface area contributed by atoms with Crippen molar-refractivity contribution in [1.82, 2.24) is 10.3 Å². The molecule has 3 nitrogen and oxygen atoms in total. The van der Waals surface area contributed by atoms with Crippen molar-refractivity contribution in [1.29, 1.82) is 0 Å². The largest absolute Gasteiger partial charge is 0.384 e. The number of nitrogens with one attached hydrogen (secondary N) is 1. The molecule has 0 amide bonds. The van der Waals surface area contributed by atoms with Gasteiger partial charge in [0.15, 0.2) is 0 Å². The molecule has 20 heavy (non-hydrogen) atoms. The number of rotatable bonds is 5. The van der Waals surface area contributed by atoms with Crippen LogP contribution in [0.3, 0.4) is 0 Å². The number of pyridine rings is 1. The van der Waals surface area contributed by atoms with Crippen LogP contribution in [0.2, 0.25) is 5.02 Å². The van der Waals surface area contributed by atoms with Crippen molar-refractivity contribution in [3.63, 3.8) is 0 Å². The van der Waals surface area contributed by atoms with E-state index in [1.54, 1.807) is 24.4 Å². The zero-order chi connectivity index (χ0) is 14.5. The maximum absolute atomic E-state index is 14.0. The molecule has 0 saturated carbocycles. The number of benzene rings is 1. The Morgan fingerprint density at radius 1 is 1.35 bits per heavy atom. The Morgan fingerprint density at radius 3 is 2.85 bits per heavy atom. The summed E-state index contributed by atoms with van der Waals surface area (Å²) in [6.07, 6.45) is 2.28. The lowest BCUT2D eigenvalue weighted by Gasteiger charge is -2.19. The van der Waals surface area contributed by atoms with Gasteiger partial charge in [-0.3, -0.25) is 0 Å². The molecular weight excluding hydrogens is 277 g/mol. The average Bonchev–Trinajstić information content (AvgIpc) is 2.41.